The first-order valence-electron chi connectivity index (χ1n) is 6.80. The van der Waals surface area contributed by atoms with Gasteiger partial charge in [-0.25, -0.2) is 5.48 Å². The molecule has 2 bridgehead atoms. The normalized spacial score (nSPS) is 30.9. The van der Waals surface area contributed by atoms with Crippen molar-refractivity contribution in [3.8, 4) is 0 Å². The molecule has 0 heterocycles. The maximum Gasteiger partial charge on any atom is 0.0933 e. The first-order valence-corrected chi connectivity index (χ1v) is 6.80. The second-order valence-electron chi connectivity index (χ2n) is 5.56. The standard InChI is InChI=1S/C15H21NO/c1-2-4-12(5-3-1)11-17-16-10-15-9-13-6-7-14(15)8-13/h1-5,13-16H,6-11H2. The van der Waals surface area contributed by atoms with Crippen LogP contribution in [0.25, 0.3) is 0 Å². The molecular formula is C15H21NO. The van der Waals surface area contributed by atoms with E-state index >= 15 is 0 Å². The summed E-state index contributed by atoms with van der Waals surface area (Å²) in [6.45, 7) is 1.70. The Labute approximate surface area is 103 Å². The van der Waals surface area contributed by atoms with Gasteiger partial charge in [-0.2, -0.15) is 0 Å². The Morgan fingerprint density at radius 1 is 1.12 bits per heavy atom. The van der Waals surface area contributed by atoms with E-state index in [0.29, 0.717) is 6.61 Å². The Balaban J connectivity index is 1.36. The van der Waals surface area contributed by atoms with Gasteiger partial charge in [-0.1, -0.05) is 36.8 Å². The number of hydroxylamine groups is 1. The summed E-state index contributed by atoms with van der Waals surface area (Å²) in [5.41, 5.74) is 4.39. The number of hydrogen-bond donors (Lipinski definition) is 1. The Hall–Kier alpha value is -0.860. The molecular weight excluding hydrogens is 210 g/mol. The maximum atomic E-state index is 5.54. The summed E-state index contributed by atoms with van der Waals surface area (Å²) in [6, 6.07) is 10.3. The Morgan fingerprint density at radius 2 is 2.00 bits per heavy atom. The zero-order chi connectivity index (χ0) is 11.5. The summed E-state index contributed by atoms with van der Waals surface area (Å²) in [7, 11) is 0. The van der Waals surface area contributed by atoms with Gasteiger partial charge in [0.1, 0.15) is 0 Å². The molecule has 0 saturated heterocycles. The highest BCUT2D eigenvalue weighted by Gasteiger charge is 2.38. The Bertz CT molecular complexity index is 351. The van der Waals surface area contributed by atoms with Crippen LogP contribution in [0, 0.1) is 17.8 Å². The summed E-state index contributed by atoms with van der Waals surface area (Å²) in [5, 5.41) is 0. The average molecular weight is 231 g/mol. The van der Waals surface area contributed by atoms with Crippen molar-refractivity contribution in [2.75, 3.05) is 6.54 Å². The van der Waals surface area contributed by atoms with Gasteiger partial charge in [0.05, 0.1) is 6.61 Å². The monoisotopic (exact) mass is 231 g/mol. The van der Waals surface area contributed by atoms with Gasteiger partial charge in [0.15, 0.2) is 0 Å². The Morgan fingerprint density at radius 3 is 2.71 bits per heavy atom. The molecule has 3 rings (SSSR count). The van der Waals surface area contributed by atoms with E-state index in [4.69, 9.17) is 4.84 Å². The molecule has 2 nitrogen and oxygen atoms in total. The number of nitrogens with one attached hydrogen (secondary N) is 1. The third kappa shape index (κ3) is 2.70. The topological polar surface area (TPSA) is 21.3 Å². The molecule has 92 valence electrons. The van der Waals surface area contributed by atoms with Gasteiger partial charge in [-0.15, -0.1) is 0 Å². The summed E-state index contributed by atoms with van der Waals surface area (Å²) >= 11 is 0. The van der Waals surface area contributed by atoms with Gasteiger partial charge in [0.25, 0.3) is 0 Å². The molecule has 1 aromatic rings. The predicted octanol–water partition coefficient (Wildman–Crippen LogP) is 3.14. The lowest BCUT2D eigenvalue weighted by Crippen LogP contribution is -2.26. The van der Waals surface area contributed by atoms with Crippen molar-refractivity contribution >= 4 is 0 Å². The van der Waals surface area contributed by atoms with Crippen LogP contribution in [0.5, 0.6) is 0 Å². The molecule has 1 aromatic carbocycles. The first-order chi connectivity index (χ1) is 8.42. The molecule has 0 aromatic heterocycles. The Kier molecular flexibility index (Phi) is 3.44. The molecule has 2 aliphatic rings. The average Bonchev–Trinajstić information content (AvgIpc) is 2.98. The van der Waals surface area contributed by atoms with Crippen molar-refractivity contribution in [1.82, 2.24) is 5.48 Å². The second-order valence-corrected chi connectivity index (χ2v) is 5.56. The zero-order valence-corrected chi connectivity index (χ0v) is 10.3. The quantitative estimate of drug-likeness (QED) is 0.621. The molecule has 0 amide bonds. The third-order valence-corrected chi connectivity index (χ3v) is 4.41. The summed E-state index contributed by atoms with van der Waals surface area (Å²) in [6.07, 6.45) is 5.83. The highest BCUT2D eigenvalue weighted by molar-refractivity contribution is 5.13. The maximum absolute atomic E-state index is 5.54. The van der Waals surface area contributed by atoms with Gasteiger partial charge in [-0.05, 0) is 42.6 Å². The molecule has 0 aliphatic heterocycles. The highest BCUT2D eigenvalue weighted by Crippen LogP contribution is 2.47. The van der Waals surface area contributed by atoms with E-state index in [1.807, 2.05) is 6.07 Å². The van der Waals surface area contributed by atoms with Gasteiger partial charge < -0.3 is 0 Å². The van der Waals surface area contributed by atoms with Crippen molar-refractivity contribution in [3.05, 3.63) is 35.9 Å². The van der Waals surface area contributed by atoms with Gasteiger partial charge in [0, 0.05) is 6.54 Å². The third-order valence-electron chi connectivity index (χ3n) is 4.41. The van der Waals surface area contributed by atoms with Crippen LogP contribution in [-0.2, 0) is 11.4 Å². The van der Waals surface area contributed by atoms with E-state index in [2.05, 4.69) is 29.7 Å². The van der Waals surface area contributed by atoms with Crippen LogP contribution in [-0.4, -0.2) is 6.54 Å². The van der Waals surface area contributed by atoms with Gasteiger partial charge >= 0.3 is 0 Å². The SMILES string of the molecule is c1ccc(CONCC2CC3CCC2C3)cc1. The lowest BCUT2D eigenvalue weighted by Gasteiger charge is -2.21. The molecule has 0 radical (unpaired) electrons. The fourth-order valence-electron chi connectivity index (χ4n) is 3.50. The van der Waals surface area contributed by atoms with E-state index in [9.17, 15) is 0 Å². The molecule has 0 spiro atoms. The molecule has 2 aliphatic carbocycles. The van der Waals surface area contributed by atoms with Gasteiger partial charge in [0.2, 0.25) is 0 Å². The van der Waals surface area contributed by atoms with E-state index in [0.717, 1.165) is 24.3 Å². The molecule has 3 unspecified atom stereocenters. The van der Waals surface area contributed by atoms with E-state index in [-0.39, 0.29) is 0 Å². The number of benzene rings is 1. The zero-order valence-electron chi connectivity index (χ0n) is 10.3. The van der Waals surface area contributed by atoms with Crippen molar-refractivity contribution in [1.29, 1.82) is 0 Å². The highest BCUT2D eigenvalue weighted by atomic mass is 16.6. The van der Waals surface area contributed by atoms with Crippen LogP contribution < -0.4 is 5.48 Å². The minimum Gasteiger partial charge on any atom is -0.297 e. The summed E-state index contributed by atoms with van der Waals surface area (Å²) in [4.78, 5) is 5.54. The van der Waals surface area contributed by atoms with E-state index in [1.165, 1.54) is 31.2 Å². The van der Waals surface area contributed by atoms with Gasteiger partial charge in [-0.3, -0.25) is 4.84 Å². The lowest BCUT2D eigenvalue weighted by molar-refractivity contribution is 0.0147. The smallest absolute Gasteiger partial charge is 0.0933 e. The molecule has 3 atom stereocenters. The van der Waals surface area contributed by atoms with Crippen molar-refractivity contribution < 1.29 is 4.84 Å². The fraction of sp³-hybridized carbons (Fsp3) is 0.600. The van der Waals surface area contributed by atoms with E-state index in [1.54, 1.807) is 0 Å². The van der Waals surface area contributed by atoms with Crippen LogP contribution in [0.3, 0.4) is 0 Å². The van der Waals surface area contributed by atoms with Crippen LogP contribution in [0.2, 0.25) is 0 Å². The molecule has 2 saturated carbocycles. The van der Waals surface area contributed by atoms with Crippen LogP contribution in [0.1, 0.15) is 31.2 Å². The fourth-order valence-corrected chi connectivity index (χ4v) is 3.50. The number of hydrogen-bond acceptors (Lipinski definition) is 2. The van der Waals surface area contributed by atoms with Crippen LogP contribution in [0.15, 0.2) is 30.3 Å². The van der Waals surface area contributed by atoms with Crippen LogP contribution >= 0.6 is 0 Å². The second kappa shape index (κ2) is 5.19. The molecule has 17 heavy (non-hydrogen) atoms. The summed E-state index contributed by atoms with van der Waals surface area (Å²) < 4.78 is 0. The largest absolute Gasteiger partial charge is 0.297 e. The molecule has 1 N–H and O–H groups in total. The minimum absolute atomic E-state index is 0.668. The summed E-state index contributed by atoms with van der Waals surface area (Å²) in [5.74, 6) is 2.87. The molecule has 2 fully saturated rings. The van der Waals surface area contributed by atoms with Crippen molar-refractivity contribution in [3.63, 3.8) is 0 Å². The molecule has 2 heteroatoms. The van der Waals surface area contributed by atoms with Crippen molar-refractivity contribution in [2.24, 2.45) is 17.8 Å². The first kappa shape index (κ1) is 11.2. The van der Waals surface area contributed by atoms with E-state index < -0.39 is 0 Å². The van der Waals surface area contributed by atoms with Crippen LogP contribution in [0.4, 0.5) is 0 Å². The predicted molar refractivity (Wildman–Crippen MR) is 68.2 cm³/mol. The number of rotatable bonds is 5. The number of fused-ring (bicyclic) bond motifs is 2. The minimum atomic E-state index is 0.668. The lowest BCUT2D eigenvalue weighted by atomic mass is 9.89. The van der Waals surface area contributed by atoms with Crippen molar-refractivity contribution in [2.45, 2.75) is 32.3 Å².